The molecule has 1 aliphatic rings. The number of halogens is 3. The summed E-state index contributed by atoms with van der Waals surface area (Å²) in [4.78, 5) is 25.1. The van der Waals surface area contributed by atoms with Crippen LogP contribution in [-0.4, -0.2) is 45.1 Å². The summed E-state index contributed by atoms with van der Waals surface area (Å²) in [7, 11) is 0. The van der Waals surface area contributed by atoms with Crippen molar-refractivity contribution >= 4 is 34.3 Å². The minimum atomic E-state index is -2.69. The van der Waals surface area contributed by atoms with Crippen LogP contribution in [0.1, 0.15) is 31.4 Å². The minimum absolute atomic E-state index is 0.123. The number of urea groups is 1. The third kappa shape index (κ3) is 4.55. The highest BCUT2D eigenvalue weighted by Crippen LogP contribution is 2.33. The summed E-state index contributed by atoms with van der Waals surface area (Å²) in [6.45, 7) is 1.78. The molecule has 1 aliphatic heterocycles. The normalized spacial score (nSPS) is 16.9. The van der Waals surface area contributed by atoms with Crippen molar-refractivity contribution in [2.75, 3.05) is 28.6 Å². The molecule has 11 heteroatoms. The molecule has 4 N–H and O–H groups in total. The Hall–Kier alpha value is -3.34. The molecule has 0 aromatic carbocycles. The first-order valence-electron chi connectivity index (χ1n) is 9.73. The molecule has 31 heavy (non-hydrogen) atoms. The zero-order valence-corrected chi connectivity index (χ0v) is 16.6. The predicted molar refractivity (Wildman–Crippen MR) is 110 cm³/mol. The van der Waals surface area contributed by atoms with Crippen LogP contribution in [0.15, 0.2) is 30.7 Å². The van der Waals surface area contributed by atoms with Crippen molar-refractivity contribution in [1.29, 1.82) is 0 Å². The number of anilines is 3. The molecule has 3 aromatic rings. The Morgan fingerprint density at radius 2 is 1.97 bits per heavy atom. The van der Waals surface area contributed by atoms with E-state index in [9.17, 15) is 23.1 Å². The molecule has 8 nitrogen and oxygen atoms in total. The van der Waals surface area contributed by atoms with E-state index in [1.165, 1.54) is 25.4 Å². The van der Waals surface area contributed by atoms with Crippen LogP contribution in [0.2, 0.25) is 0 Å². The molecule has 164 valence electrons. The van der Waals surface area contributed by atoms with E-state index in [0.717, 1.165) is 6.20 Å². The van der Waals surface area contributed by atoms with Gasteiger partial charge in [-0.05, 0) is 19.1 Å². The molecule has 2 amide bonds. The van der Waals surface area contributed by atoms with Crippen molar-refractivity contribution in [2.45, 2.75) is 31.8 Å². The summed E-state index contributed by atoms with van der Waals surface area (Å²) in [6, 6.07) is 2.20. The second-order valence-electron chi connectivity index (χ2n) is 7.49. The Kier molecular flexibility index (Phi) is 5.44. The largest absolute Gasteiger partial charge is 0.389 e. The number of nitrogens with one attached hydrogen (secondary N) is 3. The van der Waals surface area contributed by atoms with Gasteiger partial charge >= 0.3 is 6.03 Å². The number of pyridine rings is 2. The quantitative estimate of drug-likeness (QED) is 0.496. The molecule has 0 aliphatic carbocycles. The lowest BCUT2D eigenvalue weighted by atomic mass is 10.0. The number of piperidine rings is 1. The number of aliphatic hydroxyl groups excluding tert-OH is 1. The van der Waals surface area contributed by atoms with Crippen molar-refractivity contribution in [1.82, 2.24) is 15.0 Å². The maximum atomic E-state index is 13.5. The lowest BCUT2D eigenvalue weighted by Gasteiger charge is -2.34. The van der Waals surface area contributed by atoms with E-state index in [-0.39, 0.29) is 25.9 Å². The van der Waals surface area contributed by atoms with Crippen molar-refractivity contribution in [2.24, 2.45) is 0 Å². The van der Waals surface area contributed by atoms with Gasteiger partial charge in [0.2, 0.25) is 0 Å². The van der Waals surface area contributed by atoms with E-state index in [2.05, 4.69) is 25.6 Å². The first-order valence-corrected chi connectivity index (χ1v) is 9.73. The van der Waals surface area contributed by atoms with Crippen LogP contribution < -0.4 is 15.5 Å². The Bertz CT molecular complexity index is 1110. The third-order valence-corrected chi connectivity index (χ3v) is 5.14. The van der Waals surface area contributed by atoms with Gasteiger partial charge in [-0.3, -0.25) is 0 Å². The van der Waals surface area contributed by atoms with E-state index in [1.54, 1.807) is 11.0 Å². The monoisotopic (exact) mass is 434 g/mol. The van der Waals surface area contributed by atoms with Gasteiger partial charge < -0.3 is 25.6 Å². The second kappa shape index (κ2) is 8.06. The zero-order chi connectivity index (χ0) is 22.2. The van der Waals surface area contributed by atoms with Crippen LogP contribution in [0.5, 0.6) is 0 Å². The first kappa shape index (κ1) is 20.9. The van der Waals surface area contributed by atoms with Crippen LogP contribution in [-0.2, 0) is 0 Å². The minimum Gasteiger partial charge on any atom is -0.389 e. The fourth-order valence-corrected chi connectivity index (χ4v) is 3.53. The summed E-state index contributed by atoms with van der Waals surface area (Å²) in [5, 5.41) is 15.8. The molecular formula is C20H21F3N6O2. The molecular weight excluding hydrogens is 413 g/mol. The van der Waals surface area contributed by atoms with E-state index in [0.29, 0.717) is 33.8 Å². The van der Waals surface area contributed by atoms with Crippen LogP contribution in [0, 0.1) is 5.82 Å². The van der Waals surface area contributed by atoms with Crippen molar-refractivity contribution in [3.8, 4) is 0 Å². The van der Waals surface area contributed by atoms with E-state index in [1.807, 2.05) is 0 Å². The number of carbonyl (C=O) groups excluding carboxylic acids is 1. The number of aliphatic hydroxyl groups is 1. The molecule has 0 radical (unpaired) electrons. The van der Waals surface area contributed by atoms with Crippen molar-refractivity contribution < 1.29 is 23.1 Å². The highest BCUT2D eigenvalue weighted by atomic mass is 19.3. The van der Waals surface area contributed by atoms with Crippen LogP contribution in [0.4, 0.5) is 35.2 Å². The Morgan fingerprint density at radius 1 is 1.23 bits per heavy atom. The number of rotatable bonds is 4. The Labute approximate surface area is 175 Å². The highest BCUT2D eigenvalue weighted by molar-refractivity contribution is 6.05. The van der Waals surface area contributed by atoms with Gasteiger partial charge in [-0.15, -0.1) is 0 Å². The number of nitrogens with zero attached hydrogens (tertiary/aromatic N) is 3. The van der Waals surface area contributed by atoms with Crippen molar-refractivity contribution in [3.05, 3.63) is 42.1 Å². The van der Waals surface area contributed by atoms with Crippen LogP contribution in [0.25, 0.3) is 11.0 Å². The van der Waals surface area contributed by atoms with E-state index < -0.39 is 23.9 Å². The zero-order valence-electron chi connectivity index (χ0n) is 16.6. The summed E-state index contributed by atoms with van der Waals surface area (Å²) in [5.41, 5.74) is 1.49. The molecule has 1 saturated heterocycles. The molecule has 4 rings (SSSR count). The average molecular weight is 434 g/mol. The van der Waals surface area contributed by atoms with E-state index >= 15 is 0 Å². The van der Waals surface area contributed by atoms with Gasteiger partial charge in [-0.1, -0.05) is 0 Å². The summed E-state index contributed by atoms with van der Waals surface area (Å²) >= 11 is 0. The lowest BCUT2D eigenvalue weighted by molar-refractivity contribution is -0.0222. The molecule has 3 aromatic heterocycles. The molecule has 0 spiro atoms. The number of amides is 2. The van der Waals surface area contributed by atoms with Gasteiger partial charge in [-0.25, -0.2) is 27.9 Å². The summed E-state index contributed by atoms with van der Waals surface area (Å²) in [6.07, 6.45) is 2.47. The molecule has 0 bridgehead atoms. The molecule has 1 fully saturated rings. The maximum absolute atomic E-state index is 13.5. The number of hydrogen-bond acceptors (Lipinski definition) is 5. The number of aromatic amines is 1. The van der Waals surface area contributed by atoms with E-state index in [4.69, 9.17) is 0 Å². The van der Waals surface area contributed by atoms with Gasteiger partial charge in [-0.2, -0.15) is 0 Å². The SMILES string of the molecule is CC(O)c1cc(NC(=O)Nc2c[nH]c3ncc(F)cc23)cnc1N1CCC(F)(F)CC1. The predicted octanol–water partition coefficient (Wildman–Crippen LogP) is 4.03. The number of aromatic nitrogens is 3. The molecule has 4 heterocycles. The van der Waals surface area contributed by atoms with Gasteiger partial charge in [0.1, 0.15) is 17.3 Å². The third-order valence-electron chi connectivity index (χ3n) is 5.14. The number of hydrogen-bond donors (Lipinski definition) is 4. The second-order valence-corrected chi connectivity index (χ2v) is 7.49. The van der Waals surface area contributed by atoms with Crippen molar-refractivity contribution in [3.63, 3.8) is 0 Å². The number of fused-ring (bicyclic) bond motifs is 1. The fourth-order valence-electron chi connectivity index (χ4n) is 3.53. The Morgan fingerprint density at radius 3 is 2.68 bits per heavy atom. The number of carbonyl (C=O) groups is 1. The maximum Gasteiger partial charge on any atom is 0.323 e. The van der Waals surface area contributed by atoms with Gasteiger partial charge in [0.05, 0.1) is 29.9 Å². The number of H-pyrrole nitrogens is 1. The summed E-state index contributed by atoms with van der Waals surface area (Å²) < 4.78 is 40.4. The first-order chi connectivity index (χ1) is 14.7. The van der Waals surface area contributed by atoms with Crippen LogP contribution in [0.3, 0.4) is 0 Å². The van der Waals surface area contributed by atoms with Gasteiger partial charge in [0.15, 0.2) is 0 Å². The smallest absolute Gasteiger partial charge is 0.323 e. The average Bonchev–Trinajstić information content (AvgIpc) is 3.10. The van der Waals surface area contributed by atoms with Gasteiger partial charge in [0, 0.05) is 43.1 Å². The summed E-state index contributed by atoms with van der Waals surface area (Å²) in [5.74, 6) is -2.82. The number of alkyl halides is 2. The molecule has 0 saturated carbocycles. The molecule has 1 unspecified atom stereocenters. The van der Waals surface area contributed by atoms with Crippen LogP contribution >= 0.6 is 0 Å². The standard InChI is InChI=1S/C20H21F3N6O2/c1-11(30)14-7-13(9-26-18(14)29-4-2-20(22,23)3-5-29)27-19(31)28-16-10-25-17-15(16)6-12(21)8-24-17/h6-11,30H,2-5H2,1H3,(H,24,25)(H2,27,28,31). The Balaban J connectivity index is 1.50. The topological polar surface area (TPSA) is 106 Å². The fraction of sp³-hybridized carbons (Fsp3) is 0.350. The molecule has 1 atom stereocenters. The van der Waals surface area contributed by atoms with Gasteiger partial charge in [0.25, 0.3) is 5.92 Å². The highest BCUT2D eigenvalue weighted by Gasteiger charge is 2.35. The lowest BCUT2D eigenvalue weighted by Crippen LogP contribution is -2.40.